The van der Waals surface area contributed by atoms with E-state index >= 15 is 0 Å². The Morgan fingerprint density at radius 3 is 2.61 bits per heavy atom. The third-order valence-electron chi connectivity index (χ3n) is 9.69. The van der Waals surface area contributed by atoms with Gasteiger partial charge in [-0.05, 0) is 76.3 Å². The topological polar surface area (TPSA) is 34.0 Å². The molecule has 2 heterocycles. The van der Waals surface area contributed by atoms with Crippen molar-refractivity contribution in [1.82, 2.24) is 0 Å². The molecule has 202 valence electrons. The Kier molecular flexibility index (Phi) is 5.63. The van der Waals surface area contributed by atoms with Crippen molar-refractivity contribution in [2.75, 3.05) is 0 Å². The number of para-hydroxylation sites is 1. The highest BCUT2D eigenvalue weighted by Crippen LogP contribution is 2.49. The van der Waals surface area contributed by atoms with Crippen LogP contribution in [0.5, 0.6) is 0 Å². The maximum Gasteiger partial charge on any atom is 0.147 e. The van der Waals surface area contributed by atoms with E-state index in [0.717, 1.165) is 59.5 Å². The first kappa shape index (κ1) is 24.5. The third-order valence-corrected chi connectivity index (χ3v) is 9.69. The molecule has 3 unspecified atom stereocenters. The summed E-state index contributed by atoms with van der Waals surface area (Å²) in [6.07, 6.45) is 11.1. The molecule has 0 fully saturated rings. The summed E-state index contributed by atoms with van der Waals surface area (Å²) in [6.45, 7) is 5.25. The zero-order valence-electron chi connectivity index (χ0n) is 23.7. The number of ether oxygens (including phenoxy) is 1. The van der Waals surface area contributed by atoms with E-state index in [-0.39, 0.29) is 11.5 Å². The Hall–Kier alpha value is -4.24. The fourth-order valence-corrected chi connectivity index (χ4v) is 7.60. The van der Waals surface area contributed by atoms with Crippen LogP contribution < -0.4 is 0 Å². The second-order valence-electron chi connectivity index (χ2n) is 12.3. The average Bonchev–Trinajstić information content (AvgIpc) is 3.40. The molecule has 2 aliphatic heterocycles. The molecule has 2 aliphatic carbocycles. The van der Waals surface area contributed by atoms with Crippen molar-refractivity contribution in [1.29, 1.82) is 0 Å². The maximum atomic E-state index is 6.44. The van der Waals surface area contributed by atoms with Crippen molar-refractivity contribution < 1.29 is 4.74 Å². The lowest BCUT2D eigenvalue weighted by molar-refractivity contribution is 0.220. The van der Waals surface area contributed by atoms with Crippen LogP contribution in [0.1, 0.15) is 60.1 Å². The van der Waals surface area contributed by atoms with Crippen molar-refractivity contribution in [2.24, 2.45) is 15.9 Å². The SMILES string of the molecule is CC1C=Cc2ccc3c4c(ccc3c2C1)C(C)(C1N=CC(OCc2ccccc2)=C2C1=Nc1ccccc12)CCC4. The zero-order chi connectivity index (χ0) is 27.6. The van der Waals surface area contributed by atoms with Gasteiger partial charge in [0.1, 0.15) is 18.4 Å². The first-order chi connectivity index (χ1) is 20.1. The van der Waals surface area contributed by atoms with E-state index in [1.807, 2.05) is 12.3 Å². The normalized spacial score (nSPS) is 24.0. The van der Waals surface area contributed by atoms with Crippen LogP contribution in [0.3, 0.4) is 0 Å². The van der Waals surface area contributed by atoms with E-state index in [1.165, 1.54) is 33.0 Å². The Morgan fingerprint density at radius 1 is 0.902 bits per heavy atom. The minimum absolute atomic E-state index is 0.0638. The molecule has 0 amide bonds. The number of rotatable bonds is 4. The van der Waals surface area contributed by atoms with Crippen LogP contribution >= 0.6 is 0 Å². The number of dihydropyridines is 1. The summed E-state index contributed by atoms with van der Waals surface area (Å²) in [7, 11) is 0. The quantitative estimate of drug-likeness (QED) is 0.258. The highest BCUT2D eigenvalue weighted by atomic mass is 16.5. The van der Waals surface area contributed by atoms with E-state index in [9.17, 15) is 0 Å². The lowest BCUT2D eigenvalue weighted by Crippen LogP contribution is -2.45. The average molecular weight is 535 g/mol. The molecular weight excluding hydrogens is 500 g/mol. The molecule has 0 saturated carbocycles. The number of hydrogen-bond acceptors (Lipinski definition) is 3. The van der Waals surface area contributed by atoms with Crippen molar-refractivity contribution in [2.45, 2.75) is 57.6 Å². The number of allylic oxidation sites excluding steroid dienone is 2. The van der Waals surface area contributed by atoms with Crippen LogP contribution in [-0.2, 0) is 29.6 Å². The minimum Gasteiger partial charge on any atom is -0.487 e. The summed E-state index contributed by atoms with van der Waals surface area (Å²) >= 11 is 0. The van der Waals surface area contributed by atoms with Crippen molar-refractivity contribution in [3.8, 4) is 0 Å². The van der Waals surface area contributed by atoms with Crippen molar-refractivity contribution in [3.63, 3.8) is 0 Å². The lowest BCUT2D eigenvalue weighted by Gasteiger charge is -2.42. The van der Waals surface area contributed by atoms with Crippen LogP contribution in [0, 0.1) is 5.92 Å². The summed E-state index contributed by atoms with van der Waals surface area (Å²) in [5.41, 5.74) is 11.1. The van der Waals surface area contributed by atoms with Gasteiger partial charge in [0, 0.05) is 11.0 Å². The Morgan fingerprint density at radius 2 is 1.71 bits per heavy atom. The number of fused-ring (bicyclic) bond motifs is 8. The number of nitrogens with zero attached hydrogens (tertiary/aromatic N) is 2. The van der Waals surface area contributed by atoms with Gasteiger partial charge >= 0.3 is 0 Å². The number of aryl methyl sites for hydroxylation is 1. The fourth-order valence-electron chi connectivity index (χ4n) is 7.60. The highest BCUT2D eigenvalue weighted by molar-refractivity contribution is 6.35. The monoisotopic (exact) mass is 534 g/mol. The zero-order valence-corrected chi connectivity index (χ0v) is 23.7. The van der Waals surface area contributed by atoms with Gasteiger partial charge in [-0.3, -0.25) is 4.99 Å². The van der Waals surface area contributed by atoms with Crippen LogP contribution in [0.25, 0.3) is 22.4 Å². The van der Waals surface area contributed by atoms with E-state index in [2.05, 4.69) is 98.8 Å². The fraction of sp³-hybridized carbons (Fsp3) is 0.263. The van der Waals surface area contributed by atoms with Gasteiger partial charge in [0.2, 0.25) is 0 Å². The van der Waals surface area contributed by atoms with Gasteiger partial charge in [-0.1, -0.05) is 98.8 Å². The predicted octanol–water partition coefficient (Wildman–Crippen LogP) is 8.81. The lowest BCUT2D eigenvalue weighted by atomic mass is 9.64. The second kappa shape index (κ2) is 9.41. The van der Waals surface area contributed by atoms with Crippen LogP contribution in [0.4, 0.5) is 5.69 Å². The van der Waals surface area contributed by atoms with Gasteiger partial charge in [0.15, 0.2) is 0 Å². The Balaban J connectivity index is 1.22. The predicted molar refractivity (Wildman–Crippen MR) is 170 cm³/mol. The molecule has 3 heteroatoms. The first-order valence-electron chi connectivity index (χ1n) is 15.0. The van der Waals surface area contributed by atoms with Crippen LogP contribution in [0.2, 0.25) is 0 Å². The maximum absolute atomic E-state index is 6.44. The molecule has 4 aliphatic rings. The molecule has 3 atom stereocenters. The second-order valence-corrected chi connectivity index (χ2v) is 12.3. The third kappa shape index (κ3) is 3.86. The standard InChI is InChI=1S/C38H34N2O/c1-24-14-15-26-16-17-27-28(31(26)21-24)18-19-32-29(27)12-8-20-38(32,2)37-36-35(30-11-6-7-13-33(30)40-36)34(22-39-37)41-23-25-9-4-3-5-10-25/h3-7,9-11,13-19,22,24,37H,8,12,20-21,23H2,1-2H3. The van der Waals surface area contributed by atoms with Crippen LogP contribution in [0.15, 0.2) is 101 Å². The smallest absolute Gasteiger partial charge is 0.147 e. The molecule has 0 N–H and O–H groups in total. The van der Waals surface area contributed by atoms with Crippen molar-refractivity contribution >= 4 is 40.0 Å². The summed E-state index contributed by atoms with van der Waals surface area (Å²) in [5.74, 6) is 1.40. The van der Waals surface area contributed by atoms with Gasteiger partial charge in [-0.15, -0.1) is 0 Å². The molecule has 4 aromatic carbocycles. The van der Waals surface area contributed by atoms with Gasteiger partial charge in [-0.25, -0.2) is 4.99 Å². The van der Waals surface area contributed by atoms with Gasteiger partial charge in [0.05, 0.1) is 23.2 Å². The van der Waals surface area contributed by atoms with Gasteiger partial charge in [0.25, 0.3) is 0 Å². The molecule has 0 bridgehead atoms. The largest absolute Gasteiger partial charge is 0.487 e. The summed E-state index contributed by atoms with van der Waals surface area (Å²) in [6, 6.07) is 28.3. The van der Waals surface area contributed by atoms with E-state index in [1.54, 1.807) is 0 Å². The molecule has 41 heavy (non-hydrogen) atoms. The van der Waals surface area contributed by atoms with Crippen LogP contribution in [-0.4, -0.2) is 18.0 Å². The van der Waals surface area contributed by atoms with E-state index in [4.69, 9.17) is 14.7 Å². The summed E-state index contributed by atoms with van der Waals surface area (Å²) < 4.78 is 6.44. The Bertz CT molecular complexity index is 1830. The number of benzene rings is 4. The molecular formula is C38H34N2O. The number of hydrogen-bond donors (Lipinski definition) is 0. The number of aliphatic imine (C=N–C) groups is 2. The molecule has 8 rings (SSSR count). The minimum atomic E-state index is -0.154. The molecule has 0 aromatic heterocycles. The summed E-state index contributed by atoms with van der Waals surface area (Å²) in [5, 5.41) is 2.85. The Labute approximate surface area is 242 Å². The molecule has 4 aromatic rings. The van der Waals surface area contributed by atoms with E-state index < -0.39 is 0 Å². The van der Waals surface area contributed by atoms with Crippen molar-refractivity contribution in [3.05, 3.63) is 124 Å². The molecule has 3 nitrogen and oxygen atoms in total. The molecule has 0 spiro atoms. The first-order valence-corrected chi connectivity index (χ1v) is 15.0. The van der Waals surface area contributed by atoms with Gasteiger partial charge < -0.3 is 4.74 Å². The summed E-state index contributed by atoms with van der Waals surface area (Å²) in [4.78, 5) is 10.5. The highest BCUT2D eigenvalue weighted by Gasteiger charge is 2.46. The molecule has 0 radical (unpaired) electrons. The molecule has 0 saturated heterocycles. The van der Waals surface area contributed by atoms with E-state index in [0.29, 0.717) is 12.5 Å². The van der Waals surface area contributed by atoms with Gasteiger partial charge in [-0.2, -0.15) is 0 Å².